The fourth-order valence-corrected chi connectivity index (χ4v) is 10.8. The second kappa shape index (κ2) is 9.90. The monoisotopic (exact) mass is 620 g/mol. The zero-order chi connectivity index (χ0) is 31.4. The minimum atomic E-state index is -0.161. The molecule has 48 heavy (non-hydrogen) atoms. The van der Waals surface area contributed by atoms with Crippen LogP contribution in [-0.4, -0.2) is 19.1 Å². The molecule has 0 spiro atoms. The quantitative estimate of drug-likeness (QED) is 0.196. The number of rotatable bonds is 4. The molecular formula is C44H36N4. The summed E-state index contributed by atoms with van der Waals surface area (Å²) < 4.78 is 4.76. The number of aromatic nitrogens is 4. The van der Waals surface area contributed by atoms with Gasteiger partial charge in [-0.05, 0) is 104 Å². The number of nitrogens with zero attached hydrogens (tertiary/aromatic N) is 4. The van der Waals surface area contributed by atoms with Gasteiger partial charge in [0.05, 0.1) is 62.6 Å². The van der Waals surface area contributed by atoms with Gasteiger partial charge in [-0.3, -0.25) is 9.97 Å². The molecule has 4 bridgehead atoms. The predicted molar refractivity (Wildman–Crippen MR) is 195 cm³/mol. The fourth-order valence-electron chi connectivity index (χ4n) is 10.8. The maximum atomic E-state index is 5.43. The van der Waals surface area contributed by atoms with Gasteiger partial charge in [-0.15, -0.1) is 0 Å². The lowest BCUT2D eigenvalue weighted by molar-refractivity contribution is -0.0453. The Morgan fingerprint density at radius 1 is 0.417 bits per heavy atom. The van der Waals surface area contributed by atoms with Crippen LogP contribution in [0.2, 0.25) is 0 Å². The molecule has 0 N–H and O–H groups in total. The van der Waals surface area contributed by atoms with E-state index in [0.29, 0.717) is 11.8 Å². The van der Waals surface area contributed by atoms with Crippen molar-refractivity contribution in [2.45, 2.75) is 37.5 Å². The van der Waals surface area contributed by atoms with Crippen molar-refractivity contribution in [3.05, 3.63) is 145 Å². The van der Waals surface area contributed by atoms with Crippen molar-refractivity contribution in [1.29, 1.82) is 0 Å². The van der Waals surface area contributed by atoms with Gasteiger partial charge < -0.3 is 9.13 Å². The lowest BCUT2D eigenvalue weighted by Gasteiger charge is -2.60. The molecule has 4 heterocycles. The summed E-state index contributed by atoms with van der Waals surface area (Å²) in [4.78, 5) is 10.9. The molecule has 232 valence electrons. The Bertz CT molecular complexity index is 2220. The van der Waals surface area contributed by atoms with Gasteiger partial charge in [0.25, 0.3) is 0 Å². The third-order valence-corrected chi connectivity index (χ3v) is 12.4. The van der Waals surface area contributed by atoms with Gasteiger partial charge in [0, 0.05) is 21.5 Å². The first kappa shape index (κ1) is 26.8. The van der Waals surface area contributed by atoms with Crippen LogP contribution in [0, 0.1) is 23.7 Å². The minimum absolute atomic E-state index is 0.161. The first-order valence-electron chi connectivity index (χ1n) is 17.7. The number of pyridine rings is 2. The molecule has 4 aromatic heterocycles. The van der Waals surface area contributed by atoms with E-state index in [0.717, 1.165) is 23.2 Å². The molecule has 4 nitrogen and oxygen atoms in total. The Kier molecular flexibility index (Phi) is 5.53. The van der Waals surface area contributed by atoms with Gasteiger partial charge in [0.15, 0.2) is 0 Å². The summed E-state index contributed by atoms with van der Waals surface area (Å²) in [6.45, 7) is 0. The number of hydrogen-bond acceptors (Lipinski definition) is 2. The Labute approximate surface area is 279 Å². The van der Waals surface area contributed by atoms with Crippen LogP contribution in [0.3, 0.4) is 0 Å². The average molecular weight is 621 g/mol. The molecule has 4 aromatic carbocycles. The minimum Gasteiger partial charge on any atom is -0.308 e. The van der Waals surface area contributed by atoms with Gasteiger partial charge in [-0.2, -0.15) is 0 Å². The van der Waals surface area contributed by atoms with Crippen LogP contribution < -0.4 is 0 Å². The number of hydrogen-bond donors (Lipinski definition) is 0. The van der Waals surface area contributed by atoms with Gasteiger partial charge >= 0.3 is 0 Å². The molecule has 0 radical (unpaired) electrons. The smallest absolute Gasteiger partial charge is 0.0645 e. The molecule has 0 unspecified atom stereocenters. The Morgan fingerprint density at radius 3 is 1.10 bits per heavy atom. The summed E-state index contributed by atoms with van der Waals surface area (Å²) in [5, 5.41) is 5.12. The van der Waals surface area contributed by atoms with Crippen molar-refractivity contribution in [2.75, 3.05) is 0 Å². The summed E-state index contributed by atoms with van der Waals surface area (Å²) in [6, 6.07) is 44.3. The van der Waals surface area contributed by atoms with Crippen molar-refractivity contribution < 1.29 is 0 Å². The molecule has 0 saturated heterocycles. The molecule has 0 amide bonds. The van der Waals surface area contributed by atoms with Crippen LogP contribution in [0.5, 0.6) is 0 Å². The van der Waals surface area contributed by atoms with E-state index in [2.05, 4.69) is 143 Å². The van der Waals surface area contributed by atoms with E-state index in [1.165, 1.54) is 87.1 Å². The normalized spacial score (nSPS) is 22.8. The van der Waals surface area contributed by atoms with Crippen LogP contribution in [0.25, 0.3) is 55.0 Å². The molecule has 12 rings (SSSR count). The van der Waals surface area contributed by atoms with E-state index >= 15 is 0 Å². The highest BCUT2D eigenvalue weighted by molar-refractivity contribution is 6.10. The number of fused-ring (bicyclic) bond motifs is 6. The fraction of sp³-hybridized carbons (Fsp3) is 0.227. The molecule has 4 fully saturated rings. The number of para-hydroxylation sites is 4. The van der Waals surface area contributed by atoms with Crippen LogP contribution in [0.1, 0.15) is 43.5 Å². The van der Waals surface area contributed by atoms with Gasteiger partial charge in [-0.1, -0.05) is 72.8 Å². The Morgan fingerprint density at radius 2 is 0.771 bits per heavy atom. The van der Waals surface area contributed by atoms with Gasteiger partial charge in [0.1, 0.15) is 0 Å². The molecule has 8 aromatic rings. The van der Waals surface area contributed by atoms with Gasteiger partial charge in [0.2, 0.25) is 0 Å². The summed E-state index contributed by atoms with van der Waals surface area (Å²) in [7, 11) is 0. The van der Waals surface area contributed by atoms with E-state index in [1.54, 1.807) is 0 Å². The Hall–Kier alpha value is -5.22. The topological polar surface area (TPSA) is 35.6 Å². The van der Waals surface area contributed by atoms with E-state index in [1.807, 2.05) is 0 Å². The lowest BCUT2D eigenvalue weighted by Crippen LogP contribution is -2.56. The largest absolute Gasteiger partial charge is 0.308 e. The van der Waals surface area contributed by atoms with Crippen LogP contribution in [0.4, 0.5) is 0 Å². The average Bonchev–Trinajstić information content (AvgIpc) is 3.65. The van der Waals surface area contributed by atoms with E-state index in [-0.39, 0.29) is 5.41 Å². The summed E-state index contributed by atoms with van der Waals surface area (Å²) in [6.07, 6.45) is 10.9. The standard InChI is InChI=1S/C44H36N4/c1-5-13-38-34(9-1)35-10-2-6-14-39(35)47(38)32-17-19-42(45-26-32)44(30-22-28-21-29(24-30)25-31(44)23-28)43-20-18-33(27-46-43)48-40-15-7-3-11-36(40)37-12-4-8-16-41(37)48/h1-20,26-31H,21-25H2. The zero-order valence-electron chi connectivity index (χ0n) is 26.8. The molecule has 4 aliphatic rings. The lowest BCUT2D eigenvalue weighted by atomic mass is 9.43. The van der Waals surface area contributed by atoms with Crippen molar-refractivity contribution in [3.63, 3.8) is 0 Å². The predicted octanol–water partition coefficient (Wildman–Crippen LogP) is 10.4. The van der Waals surface area contributed by atoms with Crippen LogP contribution in [-0.2, 0) is 5.41 Å². The van der Waals surface area contributed by atoms with Crippen LogP contribution >= 0.6 is 0 Å². The molecule has 4 heteroatoms. The van der Waals surface area contributed by atoms with Crippen LogP contribution in [0.15, 0.2) is 134 Å². The van der Waals surface area contributed by atoms with E-state index in [9.17, 15) is 0 Å². The summed E-state index contributed by atoms with van der Waals surface area (Å²) in [5.74, 6) is 2.86. The highest BCUT2D eigenvalue weighted by atomic mass is 15.0. The highest BCUT2D eigenvalue weighted by Crippen LogP contribution is 2.64. The maximum Gasteiger partial charge on any atom is 0.0645 e. The molecular weight excluding hydrogens is 585 g/mol. The zero-order valence-corrected chi connectivity index (χ0v) is 26.8. The van der Waals surface area contributed by atoms with E-state index in [4.69, 9.17) is 9.97 Å². The molecule has 4 aliphatic carbocycles. The first-order chi connectivity index (χ1) is 23.8. The first-order valence-corrected chi connectivity index (χ1v) is 17.7. The third kappa shape index (κ3) is 3.55. The molecule has 0 aliphatic heterocycles. The summed E-state index contributed by atoms with van der Waals surface area (Å²) in [5.41, 5.74) is 9.37. The van der Waals surface area contributed by atoms with Crippen molar-refractivity contribution in [3.8, 4) is 11.4 Å². The second-order valence-corrected chi connectivity index (χ2v) is 14.7. The maximum absolute atomic E-state index is 5.43. The molecule has 0 atom stereocenters. The SMILES string of the molecule is c1ccc2c(c1)c1ccccc1n2-c1ccc(C2(c3ccc(-n4c5ccccc5c5ccccc54)cn3)C3CC4CC(C3)CC2C4)nc1. The summed E-state index contributed by atoms with van der Waals surface area (Å²) >= 11 is 0. The van der Waals surface area contributed by atoms with Crippen molar-refractivity contribution in [1.82, 2.24) is 19.1 Å². The second-order valence-electron chi connectivity index (χ2n) is 14.7. The third-order valence-electron chi connectivity index (χ3n) is 12.4. The molecule has 4 saturated carbocycles. The highest BCUT2D eigenvalue weighted by Gasteiger charge is 2.60. The van der Waals surface area contributed by atoms with Crippen molar-refractivity contribution >= 4 is 43.6 Å². The van der Waals surface area contributed by atoms with E-state index < -0.39 is 0 Å². The Balaban J connectivity index is 1.07. The van der Waals surface area contributed by atoms with Crippen molar-refractivity contribution in [2.24, 2.45) is 23.7 Å². The number of benzene rings is 4. The van der Waals surface area contributed by atoms with Gasteiger partial charge in [-0.25, -0.2) is 0 Å².